The third-order valence-corrected chi connectivity index (χ3v) is 7.06. The second-order valence-electron chi connectivity index (χ2n) is 10.0. The van der Waals surface area contributed by atoms with Crippen LogP contribution in [0.3, 0.4) is 0 Å². The normalized spacial score (nSPS) is 15.0. The zero-order valence-electron chi connectivity index (χ0n) is 23.5. The van der Waals surface area contributed by atoms with Crippen LogP contribution in [-0.4, -0.2) is 57.4 Å². The lowest BCUT2D eigenvalue weighted by Crippen LogP contribution is -2.29. The Morgan fingerprint density at radius 2 is 2.17 bits per heavy atom. The zero-order valence-corrected chi connectivity index (χ0v) is 23.5. The largest absolute Gasteiger partial charge is 0.508 e. The number of amides is 2. The minimum absolute atomic E-state index is 0.106. The smallest absolute Gasteiger partial charge is 0.320 e. The number of nitrogens with two attached hydrogens (primary N) is 1. The van der Waals surface area contributed by atoms with Crippen LogP contribution in [0.5, 0.6) is 5.75 Å². The van der Waals surface area contributed by atoms with Crippen molar-refractivity contribution in [2.45, 2.75) is 39.2 Å². The summed E-state index contributed by atoms with van der Waals surface area (Å²) >= 11 is 0. The number of benzene rings is 1. The number of phenolic OH excluding ortho intramolecular Hbond substituents is 1. The van der Waals surface area contributed by atoms with Crippen molar-refractivity contribution in [3.05, 3.63) is 65.6 Å². The molecule has 2 amide bonds. The van der Waals surface area contributed by atoms with Gasteiger partial charge in [0.25, 0.3) is 0 Å². The van der Waals surface area contributed by atoms with E-state index in [1.54, 1.807) is 41.2 Å². The van der Waals surface area contributed by atoms with Crippen molar-refractivity contribution in [1.82, 2.24) is 19.9 Å². The van der Waals surface area contributed by atoms with Crippen molar-refractivity contribution in [1.29, 1.82) is 5.26 Å². The molecule has 3 aromatic heterocycles. The van der Waals surface area contributed by atoms with Gasteiger partial charge in [-0.25, -0.2) is 19.3 Å². The molecule has 0 saturated carbocycles. The van der Waals surface area contributed by atoms with E-state index < -0.39 is 6.03 Å². The van der Waals surface area contributed by atoms with Gasteiger partial charge < -0.3 is 26.2 Å². The van der Waals surface area contributed by atoms with Crippen molar-refractivity contribution in [3.63, 3.8) is 0 Å². The Balaban J connectivity index is 1.50. The number of nitrogens with one attached hydrogen (secondary N) is 3. The number of carbonyl (C=O) groups is 1. The summed E-state index contributed by atoms with van der Waals surface area (Å²) in [5.74, 6) is 0.892. The number of ether oxygens (including phenoxy) is 1. The lowest BCUT2D eigenvalue weighted by Gasteiger charge is -2.17. The Morgan fingerprint density at radius 1 is 1.31 bits per heavy atom. The van der Waals surface area contributed by atoms with Crippen LogP contribution >= 0.6 is 0 Å². The number of amidine groups is 1. The molecule has 0 spiro atoms. The van der Waals surface area contributed by atoms with Gasteiger partial charge in [-0.2, -0.15) is 10.4 Å². The number of hydrogen-bond donors (Lipinski definition) is 5. The van der Waals surface area contributed by atoms with E-state index in [0.29, 0.717) is 42.5 Å². The van der Waals surface area contributed by atoms with Gasteiger partial charge in [0.1, 0.15) is 17.4 Å². The maximum absolute atomic E-state index is 12.1. The number of nitrogens with zero attached hydrogens (tertiary/aromatic N) is 5. The number of aliphatic imine (C=N–C) groups is 1. The Labute approximate surface area is 243 Å². The minimum atomic E-state index is -0.416. The molecule has 1 aromatic carbocycles. The highest BCUT2D eigenvalue weighted by atomic mass is 16.5. The van der Waals surface area contributed by atoms with E-state index in [2.05, 4.69) is 26.0 Å². The number of pyridine rings is 1. The molecule has 1 atom stereocenters. The van der Waals surface area contributed by atoms with E-state index in [-0.39, 0.29) is 24.8 Å². The molecular formula is C30H33N9O3. The SMILES string of the molecule is CCc1cc(O)ccc1N=C(N)c1cnn2cc(-c3cnc(NC(=O)NCCC#N)cc3C)cc2c1N[C@H]1CCOC1. The molecule has 0 bridgehead atoms. The van der Waals surface area contributed by atoms with Crippen molar-refractivity contribution in [2.24, 2.45) is 10.7 Å². The number of nitriles is 1. The highest BCUT2D eigenvalue weighted by molar-refractivity contribution is 6.06. The number of fused-ring (bicyclic) bond motifs is 1. The number of aryl methyl sites for hydroxylation is 2. The van der Waals surface area contributed by atoms with E-state index in [9.17, 15) is 9.90 Å². The number of aromatic hydroxyl groups is 1. The van der Waals surface area contributed by atoms with E-state index in [4.69, 9.17) is 20.7 Å². The molecule has 1 aliphatic rings. The third kappa shape index (κ3) is 6.26. The zero-order chi connectivity index (χ0) is 29.6. The summed E-state index contributed by atoms with van der Waals surface area (Å²) in [7, 11) is 0. The molecule has 0 aliphatic carbocycles. The van der Waals surface area contributed by atoms with E-state index >= 15 is 0 Å². The van der Waals surface area contributed by atoms with Gasteiger partial charge >= 0.3 is 6.03 Å². The maximum Gasteiger partial charge on any atom is 0.320 e. The molecule has 4 aromatic rings. The molecule has 0 radical (unpaired) electrons. The van der Waals surface area contributed by atoms with Gasteiger partial charge in [0, 0.05) is 36.7 Å². The van der Waals surface area contributed by atoms with Crippen molar-refractivity contribution in [2.75, 3.05) is 30.4 Å². The lowest BCUT2D eigenvalue weighted by atomic mass is 10.1. The van der Waals surface area contributed by atoms with E-state index in [1.165, 1.54) is 0 Å². The summed E-state index contributed by atoms with van der Waals surface area (Å²) in [6.07, 6.45) is 7.11. The quantitative estimate of drug-likeness (QED) is 0.113. The second kappa shape index (κ2) is 12.6. The molecule has 4 heterocycles. The molecule has 42 heavy (non-hydrogen) atoms. The fraction of sp³-hybridized carbons (Fsp3) is 0.300. The van der Waals surface area contributed by atoms with Crippen LogP contribution in [0.15, 0.2) is 53.9 Å². The van der Waals surface area contributed by atoms with Gasteiger partial charge in [0.2, 0.25) is 0 Å². The first-order valence-corrected chi connectivity index (χ1v) is 13.8. The molecule has 1 aliphatic heterocycles. The number of carbonyl (C=O) groups excluding carboxylic acids is 1. The highest BCUT2D eigenvalue weighted by Gasteiger charge is 2.21. The first-order chi connectivity index (χ1) is 20.4. The van der Waals surface area contributed by atoms with Crippen molar-refractivity contribution in [3.8, 4) is 22.9 Å². The van der Waals surface area contributed by atoms with Crippen LogP contribution in [0.25, 0.3) is 16.6 Å². The Kier molecular flexibility index (Phi) is 8.50. The molecule has 1 fully saturated rings. The molecule has 6 N–H and O–H groups in total. The van der Waals surface area contributed by atoms with Gasteiger partial charge in [-0.05, 0) is 61.2 Å². The van der Waals surface area contributed by atoms with Crippen LogP contribution in [0.1, 0.15) is 36.5 Å². The molecule has 12 heteroatoms. The second-order valence-corrected chi connectivity index (χ2v) is 10.0. The Morgan fingerprint density at radius 3 is 2.90 bits per heavy atom. The van der Waals surface area contributed by atoms with Crippen molar-refractivity contribution < 1.29 is 14.6 Å². The third-order valence-electron chi connectivity index (χ3n) is 7.06. The van der Waals surface area contributed by atoms with Gasteiger partial charge in [0.15, 0.2) is 0 Å². The maximum atomic E-state index is 12.1. The monoisotopic (exact) mass is 567 g/mol. The van der Waals surface area contributed by atoms with Crippen molar-refractivity contribution >= 4 is 34.6 Å². The predicted octanol–water partition coefficient (Wildman–Crippen LogP) is 4.25. The summed E-state index contributed by atoms with van der Waals surface area (Å²) in [5, 5.41) is 32.1. The molecule has 12 nitrogen and oxygen atoms in total. The van der Waals surface area contributed by atoms with E-state index in [0.717, 1.165) is 39.9 Å². The first kappa shape index (κ1) is 28.4. The Bertz CT molecular complexity index is 1680. The summed E-state index contributed by atoms with van der Waals surface area (Å²) in [6.45, 7) is 5.47. The predicted molar refractivity (Wildman–Crippen MR) is 161 cm³/mol. The van der Waals surface area contributed by atoms with Crippen LogP contribution < -0.4 is 21.7 Å². The fourth-order valence-electron chi connectivity index (χ4n) is 4.88. The summed E-state index contributed by atoms with van der Waals surface area (Å²) in [4.78, 5) is 21.2. The number of aromatic nitrogens is 3. The number of urea groups is 1. The molecule has 5 rings (SSSR count). The van der Waals surface area contributed by atoms with Crippen LogP contribution in [0.4, 0.5) is 22.0 Å². The molecule has 0 unspecified atom stereocenters. The summed E-state index contributed by atoms with van der Waals surface area (Å²) < 4.78 is 7.40. The Hall–Kier alpha value is -5.15. The minimum Gasteiger partial charge on any atom is -0.508 e. The number of anilines is 2. The van der Waals surface area contributed by atoms with E-state index in [1.807, 2.05) is 32.2 Å². The molecular weight excluding hydrogens is 534 g/mol. The highest BCUT2D eigenvalue weighted by Crippen LogP contribution is 2.32. The topological polar surface area (TPSA) is 175 Å². The fourth-order valence-corrected chi connectivity index (χ4v) is 4.88. The summed E-state index contributed by atoms with van der Waals surface area (Å²) in [5.41, 5.74) is 13.1. The van der Waals surface area contributed by atoms with Crippen LogP contribution in [-0.2, 0) is 11.2 Å². The first-order valence-electron chi connectivity index (χ1n) is 13.8. The van der Waals surface area contributed by atoms with Gasteiger partial charge in [0.05, 0.1) is 53.8 Å². The van der Waals surface area contributed by atoms with Crippen LogP contribution in [0, 0.1) is 18.3 Å². The number of rotatable bonds is 9. The van der Waals surface area contributed by atoms with Gasteiger partial charge in [-0.1, -0.05) is 6.92 Å². The number of hydrogen-bond acceptors (Lipinski definition) is 8. The summed E-state index contributed by atoms with van der Waals surface area (Å²) in [6, 6.07) is 10.5. The number of phenols is 1. The molecule has 1 saturated heterocycles. The van der Waals surface area contributed by atoms with Crippen LogP contribution in [0.2, 0.25) is 0 Å². The van der Waals surface area contributed by atoms with Gasteiger partial charge in [-0.15, -0.1) is 0 Å². The molecule has 216 valence electrons. The average molecular weight is 568 g/mol. The van der Waals surface area contributed by atoms with Gasteiger partial charge in [-0.3, -0.25) is 5.32 Å². The standard InChI is InChI=1S/C30H33N9O3/c1-3-19-12-22(40)5-6-25(19)37-29(32)24-15-35-39-16-20(13-26(39)28(24)36-21-7-10-42-17-21)23-14-34-27(11-18(23)2)38-30(41)33-9-4-8-31/h5-6,11-16,21,36,40H,3-4,7,9-10,17H2,1-2H3,(H2,32,37)(H2,33,34,38,41)/t21-/m0/s1. The average Bonchev–Trinajstić information content (AvgIpc) is 3.64. The lowest BCUT2D eigenvalue weighted by molar-refractivity contribution is 0.195.